The largest absolute Gasteiger partial charge is 0.485 e. The van der Waals surface area contributed by atoms with Gasteiger partial charge in [0.25, 0.3) is 0 Å². The van der Waals surface area contributed by atoms with Crippen molar-refractivity contribution in [3.05, 3.63) is 261 Å². The normalized spacial score (nSPS) is 14.8. The minimum absolute atomic E-state index is 0. The number of halogens is 2. The molecule has 0 saturated carbocycles. The van der Waals surface area contributed by atoms with E-state index in [-0.39, 0.29) is 36.9 Å². The number of aryl methyl sites for hydroxylation is 2. The van der Waals surface area contributed by atoms with Gasteiger partial charge in [-0.15, -0.1) is 24.8 Å². The predicted octanol–water partition coefficient (Wildman–Crippen LogP) is 16.2. The maximum absolute atomic E-state index is 6.88. The third kappa shape index (κ3) is 14.3. The van der Waals surface area contributed by atoms with E-state index < -0.39 is 0 Å². The van der Waals surface area contributed by atoms with Crippen LogP contribution in [0.25, 0.3) is 0 Å². The molecule has 0 radical (unpaired) electrons. The molecule has 8 heteroatoms. The molecule has 0 saturated heterocycles. The first-order valence-electron chi connectivity index (χ1n) is 27.1. The fourth-order valence-electron chi connectivity index (χ4n) is 10.7. The van der Waals surface area contributed by atoms with Crippen LogP contribution in [0.2, 0.25) is 0 Å². The fourth-order valence-corrected chi connectivity index (χ4v) is 10.7. The van der Waals surface area contributed by atoms with Crippen LogP contribution >= 0.6 is 24.8 Å². The lowest BCUT2D eigenvalue weighted by atomic mass is 9.75. The van der Waals surface area contributed by atoms with Crippen molar-refractivity contribution in [2.24, 2.45) is 0 Å². The van der Waals surface area contributed by atoms with Crippen molar-refractivity contribution >= 4 is 24.8 Å². The Balaban J connectivity index is 0.00000383. The summed E-state index contributed by atoms with van der Waals surface area (Å²) in [6.45, 7) is 8.31. The Hall–Kier alpha value is -6.54. The van der Waals surface area contributed by atoms with Gasteiger partial charge in [-0.1, -0.05) is 207 Å². The van der Waals surface area contributed by atoms with E-state index in [0.29, 0.717) is 38.3 Å². The summed E-state index contributed by atoms with van der Waals surface area (Å²) in [5, 5.41) is 7.71. The first-order chi connectivity index (χ1) is 36.5. The third-order valence-corrected chi connectivity index (χ3v) is 15.2. The molecule has 2 aliphatic carbocycles. The van der Waals surface area contributed by atoms with E-state index in [0.717, 1.165) is 110 Å². The van der Waals surface area contributed by atoms with Gasteiger partial charge in [0.05, 0.1) is 0 Å². The summed E-state index contributed by atoms with van der Waals surface area (Å²) in [4.78, 5) is 0. The fraction of sp³-hybridized carbons (Fsp3) is 0.294. The second-order valence-electron chi connectivity index (χ2n) is 20.4. The van der Waals surface area contributed by atoms with Gasteiger partial charge in [0, 0.05) is 48.1 Å². The van der Waals surface area contributed by atoms with Crippen LogP contribution in [-0.2, 0) is 52.1 Å². The highest BCUT2D eigenvalue weighted by molar-refractivity contribution is 5.85. The zero-order valence-electron chi connectivity index (χ0n) is 44.1. The molecule has 8 aromatic rings. The van der Waals surface area contributed by atoms with Gasteiger partial charge in [-0.25, -0.2) is 0 Å². The minimum Gasteiger partial charge on any atom is -0.485 e. The lowest BCUT2D eigenvalue weighted by Gasteiger charge is -2.35. The topological polar surface area (TPSA) is 61.0 Å². The zero-order valence-corrected chi connectivity index (χ0v) is 45.8. The summed E-state index contributed by atoms with van der Waals surface area (Å²) in [6.07, 6.45) is 8.04. The first-order valence-corrected chi connectivity index (χ1v) is 27.1. The molecule has 6 nitrogen and oxygen atoms in total. The van der Waals surface area contributed by atoms with E-state index in [9.17, 15) is 0 Å². The highest BCUT2D eigenvalue weighted by Crippen LogP contribution is 2.50. The molecular formula is C68H74Cl2N2O4. The predicted molar refractivity (Wildman–Crippen MR) is 315 cm³/mol. The summed E-state index contributed by atoms with van der Waals surface area (Å²) in [5.74, 6) is 4.45. The Morgan fingerprint density at radius 1 is 0.382 bits per heavy atom. The van der Waals surface area contributed by atoms with E-state index in [1.165, 1.54) is 44.5 Å². The van der Waals surface area contributed by atoms with Gasteiger partial charge in [-0.2, -0.15) is 0 Å². The summed E-state index contributed by atoms with van der Waals surface area (Å²) < 4.78 is 27.5. The van der Waals surface area contributed by atoms with Crippen LogP contribution < -0.4 is 29.6 Å². The molecule has 2 aliphatic rings. The maximum atomic E-state index is 6.88. The monoisotopic (exact) mass is 1050 g/mol. The van der Waals surface area contributed by atoms with E-state index in [4.69, 9.17) is 18.9 Å². The number of rotatable bonds is 27. The van der Waals surface area contributed by atoms with E-state index in [1.54, 1.807) is 0 Å². The van der Waals surface area contributed by atoms with E-state index >= 15 is 0 Å². The lowest BCUT2D eigenvalue weighted by molar-refractivity contribution is 0.247. The van der Waals surface area contributed by atoms with Crippen LogP contribution in [-0.4, -0.2) is 13.1 Å². The van der Waals surface area contributed by atoms with Crippen LogP contribution in [0.15, 0.2) is 194 Å². The molecule has 0 aliphatic heterocycles. The molecule has 0 fully saturated rings. The molecule has 0 amide bonds. The van der Waals surface area contributed by atoms with Gasteiger partial charge in [0.1, 0.15) is 26.4 Å². The molecule has 0 bridgehead atoms. The van der Waals surface area contributed by atoms with E-state index in [1.807, 2.05) is 0 Å². The van der Waals surface area contributed by atoms with Crippen molar-refractivity contribution in [3.8, 4) is 23.0 Å². The van der Waals surface area contributed by atoms with E-state index in [2.05, 4.69) is 219 Å². The molecule has 4 unspecified atom stereocenters. The van der Waals surface area contributed by atoms with Gasteiger partial charge in [-0.3, -0.25) is 0 Å². The van der Waals surface area contributed by atoms with Crippen molar-refractivity contribution in [1.82, 2.24) is 10.6 Å². The summed E-state index contributed by atoms with van der Waals surface area (Å²) in [5.41, 5.74) is 15.0. The standard InChI is InChI=1S/C68H72N2O4.2ClH/c1-49(55-33-21-9-22-34-55)69-43-59-41-63-61(59)39-57(65(71-45-51-25-11-5-12-26-51)67(63)73-47-53-29-15-7-16-30-53)37-19-3-4-20-38-58-40-62-60(44-70-50(2)56-35-23-10-24-36-56)42-64(62)68(74-48-54-31-17-8-18-32-54)66(58)72-46-52-27-13-6-14-28-52;;/h5-18,21-36,39-40,49-50,59-60,69-70H,3-4,19-20,37-38,41-48H2,1-2H3;2*1H. The van der Waals surface area contributed by atoms with Gasteiger partial charge < -0.3 is 29.6 Å². The van der Waals surface area contributed by atoms with Crippen molar-refractivity contribution in [2.45, 2.75) is 116 Å². The zero-order chi connectivity index (χ0) is 50.3. The molecule has 0 spiro atoms. The molecule has 8 aromatic carbocycles. The molecule has 76 heavy (non-hydrogen) atoms. The molecule has 10 rings (SSSR count). The molecule has 0 heterocycles. The van der Waals surface area contributed by atoms with Crippen LogP contribution in [0.5, 0.6) is 23.0 Å². The Kier molecular flexibility index (Phi) is 20.5. The number of unbranched alkanes of at least 4 members (excludes halogenated alkanes) is 3. The average Bonchev–Trinajstić information content (AvgIpc) is 3.48. The third-order valence-electron chi connectivity index (χ3n) is 15.2. The van der Waals surface area contributed by atoms with Crippen molar-refractivity contribution in [3.63, 3.8) is 0 Å². The molecular weight excluding hydrogens is 980 g/mol. The minimum atomic E-state index is 0. The Bertz CT molecular complexity index is 2800. The lowest BCUT2D eigenvalue weighted by Crippen LogP contribution is -2.31. The van der Waals surface area contributed by atoms with Crippen molar-refractivity contribution < 1.29 is 18.9 Å². The van der Waals surface area contributed by atoms with Gasteiger partial charge >= 0.3 is 0 Å². The summed E-state index contributed by atoms with van der Waals surface area (Å²) >= 11 is 0. The molecule has 2 N–H and O–H groups in total. The number of hydrogen-bond acceptors (Lipinski definition) is 6. The SMILES string of the molecule is CC(NCC1Cc2c1cc(CCCCCCc1cc3c(c(OCc4ccccc4)c1OCc1ccccc1)CC3CNC(C)c1ccccc1)c(OCc1ccccc1)c2OCc1ccccc1)c1ccccc1.Cl.Cl. The molecule has 0 aromatic heterocycles. The second kappa shape index (κ2) is 28.0. The Labute approximate surface area is 464 Å². The van der Waals surface area contributed by atoms with Crippen LogP contribution in [0.1, 0.15) is 130 Å². The highest BCUT2D eigenvalue weighted by atomic mass is 35.5. The number of fused-ring (bicyclic) bond motifs is 2. The van der Waals surface area contributed by atoms with Crippen molar-refractivity contribution in [1.29, 1.82) is 0 Å². The Morgan fingerprint density at radius 2 is 0.671 bits per heavy atom. The van der Waals surface area contributed by atoms with Crippen molar-refractivity contribution in [2.75, 3.05) is 13.1 Å². The average molecular weight is 1050 g/mol. The first kappa shape index (κ1) is 55.7. The van der Waals surface area contributed by atoms with Crippen LogP contribution in [0.4, 0.5) is 0 Å². The smallest absolute Gasteiger partial charge is 0.165 e. The quantitative estimate of drug-likeness (QED) is 0.0501. The number of hydrogen-bond donors (Lipinski definition) is 2. The van der Waals surface area contributed by atoms with Gasteiger partial charge in [-0.05, 0) is 108 Å². The molecule has 4 atom stereocenters. The number of benzene rings is 8. The Morgan fingerprint density at radius 3 is 0.987 bits per heavy atom. The van der Waals surface area contributed by atoms with Gasteiger partial charge in [0.2, 0.25) is 0 Å². The van der Waals surface area contributed by atoms with Crippen LogP contribution in [0.3, 0.4) is 0 Å². The summed E-state index contributed by atoms with van der Waals surface area (Å²) in [7, 11) is 0. The number of nitrogens with one attached hydrogen (secondary N) is 2. The number of ether oxygens (including phenoxy) is 4. The maximum Gasteiger partial charge on any atom is 0.165 e. The second-order valence-corrected chi connectivity index (χ2v) is 20.4. The molecule has 394 valence electrons. The summed E-state index contributed by atoms with van der Waals surface area (Å²) in [6, 6.07) is 68.9. The highest BCUT2D eigenvalue weighted by Gasteiger charge is 2.35. The van der Waals surface area contributed by atoms with Crippen LogP contribution in [0, 0.1) is 0 Å². The van der Waals surface area contributed by atoms with Gasteiger partial charge in [0.15, 0.2) is 23.0 Å².